The fraction of sp³-hybridized carbons (Fsp3) is 0.111. The summed E-state index contributed by atoms with van der Waals surface area (Å²) in [6.45, 7) is 0. The molecule has 0 aromatic heterocycles. The Morgan fingerprint density at radius 1 is 1.16 bits per heavy atom. The number of methoxy groups -OCH3 is 1. The minimum Gasteiger partial charge on any atom is -0.495 e. The largest absolute Gasteiger partial charge is 0.495 e. The smallest absolute Gasteiger partial charge is 0.288 e. The zero-order chi connectivity index (χ0) is 14.4. The number of fused-ring (bicyclic) bond motifs is 1. The molecule has 0 spiro atoms. The van der Waals surface area contributed by atoms with Gasteiger partial charge in [-0.05, 0) is 0 Å². The summed E-state index contributed by atoms with van der Waals surface area (Å²) in [5.41, 5.74) is -1.61. The number of sulfone groups is 1. The molecule has 1 aliphatic rings. The molecule has 1 aromatic rings. The summed E-state index contributed by atoms with van der Waals surface area (Å²) in [5, 5.41) is 22.3. The third-order valence-electron chi connectivity index (χ3n) is 2.51. The van der Waals surface area contributed by atoms with Crippen molar-refractivity contribution in [2.75, 3.05) is 7.11 Å². The number of non-ortho nitro benzene ring substituents is 1. The molecule has 2 rings (SSSR count). The molecular weight excluding hydrogens is 280 g/mol. The maximum atomic E-state index is 11.8. The molecule has 0 fully saturated rings. The summed E-state index contributed by atoms with van der Waals surface area (Å²) in [5.74, 6) is -0.211. The molecule has 0 unspecified atom stereocenters. The maximum Gasteiger partial charge on any atom is 0.288 e. The number of nitro benzene ring substituents is 2. The van der Waals surface area contributed by atoms with Gasteiger partial charge in [-0.3, -0.25) is 20.2 Å². The zero-order valence-corrected chi connectivity index (χ0v) is 10.2. The van der Waals surface area contributed by atoms with Crippen LogP contribution in [0.1, 0.15) is 5.56 Å². The highest BCUT2D eigenvalue weighted by Crippen LogP contribution is 2.42. The second-order valence-electron chi connectivity index (χ2n) is 3.58. The average molecular weight is 286 g/mol. The van der Waals surface area contributed by atoms with E-state index in [1.54, 1.807) is 0 Å². The third kappa shape index (κ3) is 1.91. The molecule has 0 amide bonds. The first kappa shape index (κ1) is 13.0. The molecule has 1 aromatic carbocycles. The fourth-order valence-corrected chi connectivity index (χ4v) is 3.12. The molecule has 19 heavy (non-hydrogen) atoms. The van der Waals surface area contributed by atoms with E-state index in [0.717, 1.165) is 13.2 Å². The Morgan fingerprint density at radius 3 is 2.26 bits per heavy atom. The lowest BCUT2D eigenvalue weighted by atomic mass is 10.1. The third-order valence-corrected chi connectivity index (χ3v) is 3.97. The lowest BCUT2D eigenvalue weighted by Crippen LogP contribution is -2.01. The monoisotopic (exact) mass is 286 g/mol. The zero-order valence-electron chi connectivity index (χ0n) is 9.39. The molecule has 0 saturated heterocycles. The second-order valence-corrected chi connectivity index (χ2v) is 5.35. The van der Waals surface area contributed by atoms with Gasteiger partial charge in [0.1, 0.15) is 11.3 Å². The molecule has 0 N–H and O–H groups in total. The first-order valence-corrected chi connectivity index (χ1v) is 6.30. The molecule has 1 heterocycles. The number of hydrogen-bond acceptors (Lipinski definition) is 7. The van der Waals surface area contributed by atoms with E-state index < -0.39 is 36.0 Å². The van der Waals surface area contributed by atoms with Crippen LogP contribution in [0.3, 0.4) is 0 Å². The van der Waals surface area contributed by atoms with Gasteiger partial charge in [0.15, 0.2) is 0 Å². The van der Waals surface area contributed by atoms with Gasteiger partial charge in [0.2, 0.25) is 9.84 Å². The molecule has 100 valence electrons. The molecule has 9 nitrogen and oxygen atoms in total. The number of nitro groups is 2. The molecule has 0 aliphatic carbocycles. The highest BCUT2D eigenvalue weighted by Gasteiger charge is 2.37. The van der Waals surface area contributed by atoms with Crippen molar-refractivity contribution in [1.29, 1.82) is 0 Å². The van der Waals surface area contributed by atoms with Crippen molar-refractivity contribution in [2.24, 2.45) is 0 Å². The fourth-order valence-electron chi connectivity index (χ4n) is 1.72. The van der Waals surface area contributed by atoms with Gasteiger partial charge in [-0.2, -0.15) is 0 Å². The van der Waals surface area contributed by atoms with E-state index in [2.05, 4.69) is 0 Å². The number of ether oxygens (including phenoxy) is 1. The van der Waals surface area contributed by atoms with E-state index in [-0.39, 0.29) is 11.3 Å². The molecule has 10 heteroatoms. The summed E-state index contributed by atoms with van der Waals surface area (Å²) in [4.78, 5) is 19.3. The lowest BCUT2D eigenvalue weighted by molar-refractivity contribution is -0.394. The van der Waals surface area contributed by atoms with Crippen LogP contribution in [-0.2, 0) is 14.6 Å². The minimum atomic E-state index is -3.97. The molecule has 0 bridgehead atoms. The van der Waals surface area contributed by atoms with Crippen LogP contribution in [0.5, 0.6) is 0 Å². The van der Waals surface area contributed by atoms with Crippen LogP contribution in [-0.4, -0.2) is 25.4 Å². The Balaban J connectivity index is 2.89. The van der Waals surface area contributed by atoms with Gasteiger partial charge < -0.3 is 4.74 Å². The van der Waals surface area contributed by atoms with Gasteiger partial charge in [0, 0.05) is 6.07 Å². The van der Waals surface area contributed by atoms with Gasteiger partial charge in [0.05, 0.1) is 33.3 Å². The van der Waals surface area contributed by atoms with Crippen LogP contribution >= 0.6 is 0 Å². The minimum absolute atomic E-state index is 0.211. The van der Waals surface area contributed by atoms with E-state index in [4.69, 9.17) is 4.74 Å². The molecule has 1 aliphatic heterocycles. The first-order chi connectivity index (χ1) is 8.77. The molecule has 0 saturated carbocycles. The van der Waals surface area contributed by atoms with Crippen LogP contribution < -0.4 is 0 Å². The summed E-state index contributed by atoms with van der Waals surface area (Å²) < 4.78 is 28.3. The van der Waals surface area contributed by atoms with E-state index >= 15 is 0 Å². The highest BCUT2D eigenvalue weighted by molar-refractivity contribution is 7.95. The predicted molar refractivity (Wildman–Crippen MR) is 61.9 cm³/mol. The van der Waals surface area contributed by atoms with Crippen LogP contribution in [0.25, 0.3) is 5.76 Å². The summed E-state index contributed by atoms with van der Waals surface area (Å²) in [7, 11) is -2.82. The number of hydrogen-bond donors (Lipinski definition) is 0. The van der Waals surface area contributed by atoms with Gasteiger partial charge >= 0.3 is 0 Å². The molecule has 0 atom stereocenters. The van der Waals surface area contributed by atoms with Gasteiger partial charge in [-0.15, -0.1) is 0 Å². The first-order valence-electron chi connectivity index (χ1n) is 4.76. The topological polar surface area (TPSA) is 130 Å². The van der Waals surface area contributed by atoms with Crippen LogP contribution in [0.15, 0.2) is 22.4 Å². The van der Waals surface area contributed by atoms with Crippen molar-refractivity contribution in [1.82, 2.24) is 0 Å². The van der Waals surface area contributed by atoms with E-state index in [1.165, 1.54) is 0 Å². The van der Waals surface area contributed by atoms with Crippen molar-refractivity contribution < 1.29 is 23.0 Å². The number of benzene rings is 1. The van der Waals surface area contributed by atoms with Crippen molar-refractivity contribution >= 4 is 27.0 Å². The van der Waals surface area contributed by atoms with Crippen molar-refractivity contribution in [3.05, 3.63) is 43.3 Å². The van der Waals surface area contributed by atoms with Gasteiger partial charge in [-0.1, -0.05) is 0 Å². The second kappa shape index (κ2) is 4.02. The molecule has 0 radical (unpaired) electrons. The Labute approximate surface area is 106 Å². The standard InChI is InChI=1S/C9H6N2O7S/c1-18-7-4-19(16,17)8-3-5(10(12)13)2-6(9(7)8)11(14)15/h2-4H,1H3. The Kier molecular flexibility index (Phi) is 2.74. The maximum absolute atomic E-state index is 11.8. The Bertz CT molecular complexity index is 735. The Hall–Kier alpha value is -2.49. The number of nitrogens with zero attached hydrogens (tertiary/aromatic N) is 2. The average Bonchev–Trinajstić information content (AvgIpc) is 2.59. The predicted octanol–water partition coefficient (Wildman–Crippen LogP) is 1.24. The van der Waals surface area contributed by atoms with E-state index in [0.29, 0.717) is 11.5 Å². The number of rotatable bonds is 3. The van der Waals surface area contributed by atoms with Crippen molar-refractivity contribution in [2.45, 2.75) is 4.90 Å². The normalized spacial score (nSPS) is 15.5. The lowest BCUT2D eigenvalue weighted by Gasteiger charge is -2.04. The quantitative estimate of drug-likeness (QED) is 0.603. The molecular formula is C9H6N2O7S. The van der Waals surface area contributed by atoms with Gasteiger partial charge in [0.25, 0.3) is 11.4 Å². The summed E-state index contributed by atoms with van der Waals surface area (Å²) in [6, 6.07) is 1.48. The SMILES string of the molecule is COC1=CS(=O)(=O)c2cc([N+](=O)[O-])cc([N+](=O)[O-])c21. The Morgan fingerprint density at radius 2 is 1.79 bits per heavy atom. The summed E-state index contributed by atoms with van der Waals surface area (Å²) >= 11 is 0. The van der Waals surface area contributed by atoms with E-state index in [9.17, 15) is 28.6 Å². The van der Waals surface area contributed by atoms with E-state index in [1.807, 2.05) is 0 Å². The van der Waals surface area contributed by atoms with Crippen LogP contribution in [0, 0.1) is 20.2 Å². The van der Waals surface area contributed by atoms with Crippen LogP contribution in [0.4, 0.5) is 11.4 Å². The van der Waals surface area contributed by atoms with Crippen molar-refractivity contribution in [3.8, 4) is 0 Å². The van der Waals surface area contributed by atoms with Crippen LogP contribution in [0.2, 0.25) is 0 Å². The van der Waals surface area contributed by atoms with Crippen molar-refractivity contribution in [3.63, 3.8) is 0 Å². The van der Waals surface area contributed by atoms with Gasteiger partial charge in [-0.25, -0.2) is 8.42 Å². The summed E-state index contributed by atoms with van der Waals surface area (Å²) in [6.07, 6.45) is 0. The highest BCUT2D eigenvalue weighted by atomic mass is 32.2.